The van der Waals surface area contributed by atoms with E-state index in [1.54, 1.807) is 0 Å². The van der Waals surface area contributed by atoms with Crippen molar-refractivity contribution in [1.29, 1.82) is 0 Å². The molecule has 0 radical (unpaired) electrons. The van der Waals surface area contributed by atoms with Crippen LogP contribution in [0, 0.1) is 46.8 Å². The molecule has 1 nitrogen and oxygen atoms in total. The van der Waals surface area contributed by atoms with Crippen LogP contribution >= 0.6 is 0 Å². The summed E-state index contributed by atoms with van der Waals surface area (Å²) in [4.78, 5) is 2.38. The molecule has 0 heterocycles. The molecule has 2 aliphatic carbocycles. The van der Waals surface area contributed by atoms with Crippen molar-refractivity contribution in [3.63, 3.8) is 0 Å². The Hall–Kier alpha value is -0.0400. The van der Waals surface area contributed by atoms with Gasteiger partial charge in [-0.05, 0) is 73.8 Å². The minimum Gasteiger partial charge on any atom is -0.309 e. The maximum absolute atomic E-state index is 2.55. The monoisotopic (exact) mass is 321 g/mol. The fourth-order valence-corrected chi connectivity index (χ4v) is 5.62. The third-order valence-electron chi connectivity index (χ3n) is 7.98. The number of nitrogens with zero attached hydrogens (tertiary/aromatic N) is 1. The molecule has 0 spiro atoms. The summed E-state index contributed by atoms with van der Waals surface area (Å²) < 4.78 is 0. The van der Waals surface area contributed by atoms with Gasteiger partial charge in [-0.3, -0.25) is 0 Å². The lowest BCUT2D eigenvalue weighted by molar-refractivity contribution is 0.140. The Bertz CT molecular complexity index is 372. The summed E-state index contributed by atoms with van der Waals surface area (Å²) in [5.41, 5.74) is 0.687. The van der Waals surface area contributed by atoms with E-state index in [9.17, 15) is 0 Å². The first-order chi connectivity index (χ1) is 10.7. The van der Waals surface area contributed by atoms with Crippen molar-refractivity contribution < 1.29 is 0 Å². The lowest BCUT2D eigenvalue weighted by atomic mass is 9.70. The second kappa shape index (κ2) is 7.46. The molecule has 7 atom stereocenters. The van der Waals surface area contributed by atoms with Crippen LogP contribution in [0.25, 0.3) is 0 Å². The van der Waals surface area contributed by atoms with Crippen molar-refractivity contribution in [1.82, 2.24) is 4.90 Å². The van der Waals surface area contributed by atoms with Gasteiger partial charge >= 0.3 is 0 Å². The largest absolute Gasteiger partial charge is 0.309 e. The van der Waals surface area contributed by atoms with Crippen LogP contribution in [0.1, 0.15) is 73.6 Å². The Morgan fingerprint density at radius 1 is 1.04 bits per heavy atom. The predicted molar refractivity (Wildman–Crippen MR) is 103 cm³/mol. The van der Waals surface area contributed by atoms with Crippen LogP contribution in [0.15, 0.2) is 0 Å². The van der Waals surface area contributed by atoms with Crippen LogP contribution < -0.4 is 0 Å². The van der Waals surface area contributed by atoms with Gasteiger partial charge in [0, 0.05) is 6.54 Å². The van der Waals surface area contributed by atoms with Gasteiger partial charge in [-0.2, -0.15) is 0 Å². The fourth-order valence-electron chi connectivity index (χ4n) is 5.62. The molecule has 0 aromatic heterocycles. The Morgan fingerprint density at radius 2 is 1.70 bits per heavy atom. The van der Waals surface area contributed by atoms with E-state index in [4.69, 9.17) is 0 Å². The molecule has 2 saturated carbocycles. The number of fused-ring (bicyclic) bond motifs is 1. The summed E-state index contributed by atoms with van der Waals surface area (Å²) in [5, 5.41) is 0. The van der Waals surface area contributed by atoms with Crippen molar-refractivity contribution in [3.8, 4) is 0 Å². The summed E-state index contributed by atoms with van der Waals surface area (Å²) in [7, 11) is 4.45. The third kappa shape index (κ3) is 4.14. The molecule has 0 N–H and O–H groups in total. The molecule has 2 fully saturated rings. The van der Waals surface area contributed by atoms with E-state index in [1.165, 1.54) is 38.6 Å². The average Bonchev–Trinajstić information content (AvgIpc) is 2.86. The van der Waals surface area contributed by atoms with Crippen molar-refractivity contribution >= 4 is 0 Å². The van der Waals surface area contributed by atoms with Gasteiger partial charge in [0.2, 0.25) is 0 Å². The van der Waals surface area contributed by atoms with Gasteiger partial charge in [-0.1, -0.05) is 60.8 Å². The van der Waals surface area contributed by atoms with Crippen LogP contribution in [0.5, 0.6) is 0 Å². The summed E-state index contributed by atoms with van der Waals surface area (Å²) in [5.74, 6) is 6.79. The molecule has 7 unspecified atom stereocenters. The minimum atomic E-state index is 0.687. The highest BCUT2D eigenvalue weighted by Crippen LogP contribution is 2.75. The first kappa shape index (κ1) is 19.3. The molecule has 0 aliphatic heterocycles. The zero-order chi connectivity index (χ0) is 17.4. The Labute approximate surface area is 146 Å². The van der Waals surface area contributed by atoms with Gasteiger partial charge in [-0.15, -0.1) is 0 Å². The highest BCUT2D eigenvalue weighted by atomic mass is 15.1. The van der Waals surface area contributed by atoms with E-state index in [1.807, 2.05) is 0 Å². The molecule has 1 heteroatoms. The Balaban J connectivity index is 1.72. The zero-order valence-electron chi connectivity index (χ0n) is 17.2. The molecule has 0 bridgehead atoms. The quantitative estimate of drug-likeness (QED) is 0.481. The molecule has 2 aliphatic rings. The van der Waals surface area contributed by atoms with Crippen LogP contribution in [-0.4, -0.2) is 25.5 Å². The van der Waals surface area contributed by atoms with Crippen LogP contribution in [-0.2, 0) is 0 Å². The van der Waals surface area contributed by atoms with Crippen molar-refractivity contribution in [2.45, 2.75) is 73.6 Å². The molecular formula is C22H43N. The maximum Gasteiger partial charge on any atom is 0.000610 e. The lowest BCUT2D eigenvalue weighted by Gasteiger charge is -2.35. The molecular weight excluding hydrogens is 278 g/mol. The van der Waals surface area contributed by atoms with E-state index in [2.05, 4.69) is 60.5 Å². The summed E-state index contributed by atoms with van der Waals surface area (Å²) in [6, 6.07) is 0. The van der Waals surface area contributed by atoms with E-state index in [0.29, 0.717) is 5.41 Å². The Morgan fingerprint density at radius 3 is 2.13 bits per heavy atom. The van der Waals surface area contributed by atoms with Crippen LogP contribution in [0.4, 0.5) is 0 Å². The normalized spacial score (nSPS) is 33.5. The molecule has 0 aromatic carbocycles. The highest BCUT2D eigenvalue weighted by molar-refractivity contribution is 5.17. The standard InChI is InChI=1S/C22H43N/c1-9-15(2)18(14-23(7)8)12-10-11-16(3)17(4)19-13-20-21(19)22(20,5)6/h15-21H,9-14H2,1-8H3. The van der Waals surface area contributed by atoms with Gasteiger partial charge in [0.05, 0.1) is 0 Å². The van der Waals surface area contributed by atoms with Gasteiger partial charge in [-0.25, -0.2) is 0 Å². The molecule has 0 amide bonds. The first-order valence-electron chi connectivity index (χ1n) is 10.3. The number of hydrogen-bond donors (Lipinski definition) is 0. The maximum atomic E-state index is 2.55. The molecule has 0 saturated heterocycles. The number of rotatable bonds is 10. The van der Waals surface area contributed by atoms with Crippen LogP contribution in [0.3, 0.4) is 0 Å². The molecule has 136 valence electrons. The smallest absolute Gasteiger partial charge is 0.000610 e. The summed E-state index contributed by atoms with van der Waals surface area (Å²) in [6.45, 7) is 16.1. The lowest BCUT2D eigenvalue weighted by Crippen LogP contribution is -2.28. The van der Waals surface area contributed by atoms with Crippen LogP contribution in [0.2, 0.25) is 0 Å². The highest BCUT2D eigenvalue weighted by Gasteiger charge is 2.69. The van der Waals surface area contributed by atoms with Crippen molar-refractivity contribution in [3.05, 3.63) is 0 Å². The van der Waals surface area contributed by atoms with E-state index in [0.717, 1.165) is 41.4 Å². The summed E-state index contributed by atoms with van der Waals surface area (Å²) >= 11 is 0. The Kier molecular flexibility index (Phi) is 6.26. The van der Waals surface area contributed by atoms with E-state index >= 15 is 0 Å². The fraction of sp³-hybridized carbons (Fsp3) is 1.00. The third-order valence-corrected chi connectivity index (χ3v) is 7.98. The van der Waals surface area contributed by atoms with Gasteiger partial charge < -0.3 is 4.90 Å². The van der Waals surface area contributed by atoms with Gasteiger partial charge in [0.25, 0.3) is 0 Å². The van der Waals surface area contributed by atoms with Gasteiger partial charge in [0.1, 0.15) is 0 Å². The molecule has 0 aromatic rings. The van der Waals surface area contributed by atoms with E-state index in [-0.39, 0.29) is 0 Å². The second-order valence-electron chi connectivity index (χ2n) is 10.0. The topological polar surface area (TPSA) is 3.24 Å². The predicted octanol–water partition coefficient (Wildman–Crippen LogP) is 5.94. The number of hydrogen-bond acceptors (Lipinski definition) is 1. The SMILES string of the molecule is CCC(C)C(CCCC(C)C(C)C1CC2C1C2(C)C)CN(C)C. The molecule has 23 heavy (non-hydrogen) atoms. The van der Waals surface area contributed by atoms with E-state index < -0.39 is 0 Å². The van der Waals surface area contributed by atoms with Gasteiger partial charge in [0.15, 0.2) is 0 Å². The summed E-state index contributed by atoms with van der Waals surface area (Å²) in [6.07, 6.45) is 7.14. The first-order valence-corrected chi connectivity index (χ1v) is 10.3. The minimum absolute atomic E-state index is 0.687. The molecule has 2 rings (SSSR count). The van der Waals surface area contributed by atoms with Crippen molar-refractivity contribution in [2.75, 3.05) is 20.6 Å². The second-order valence-corrected chi connectivity index (χ2v) is 10.0. The zero-order valence-corrected chi connectivity index (χ0v) is 17.2. The average molecular weight is 322 g/mol. The van der Waals surface area contributed by atoms with Crippen molar-refractivity contribution in [2.24, 2.45) is 46.8 Å².